The highest BCUT2D eigenvalue weighted by molar-refractivity contribution is 5.84. The summed E-state index contributed by atoms with van der Waals surface area (Å²) in [5.41, 5.74) is 3.05. The summed E-state index contributed by atoms with van der Waals surface area (Å²) in [5.74, 6) is 1.30. The molecule has 0 radical (unpaired) electrons. The van der Waals surface area contributed by atoms with Crippen LogP contribution in [0.5, 0.6) is 5.75 Å². The van der Waals surface area contributed by atoms with Crippen molar-refractivity contribution >= 4 is 11.7 Å². The minimum atomic E-state index is -4.75. The average Bonchev–Trinajstić information content (AvgIpc) is 3.61. The van der Waals surface area contributed by atoms with Gasteiger partial charge in [-0.25, -0.2) is 9.97 Å². The number of nitrogens with zero attached hydrogens (tertiary/aromatic N) is 4. The average molecular weight is 504 g/mol. The van der Waals surface area contributed by atoms with E-state index in [1.165, 1.54) is 30.5 Å². The quantitative estimate of drug-likeness (QED) is 0.590. The molecule has 1 saturated heterocycles. The van der Waals surface area contributed by atoms with Gasteiger partial charge in [-0.3, -0.25) is 4.79 Å². The van der Waals surface area contributed by atoms with E-state index in [1.54, 1.807) is 18.5 Å². The number of amides is 1. The Morgan fingerprint density at radius 2 is 1.83 bits per heavy atom. The Kier molecular flexibility index (Phi) is 7.05. The minimum absolute atomic E-state index is 0.0104. The van der Waals surface area contributed by atoms with Crippen LogP contribution in [0.2, 0.25) is 0 Å². The van der Waals surface area contributed by atoms with Crippen molar-refractivity contribution in [1.82, 2.24) is 20.2 Å². The van der Waals surface area contributed by atoms with Crippen LogP contribution in [0.3, 0.4) is 0 Å². The number of aromatic nitrogens is 2. The fourth-order valence-corrected chi connectivity index (χ4v) is 5.24. The molecule has 5 rings (SSSR count). The normalized spacial score (nSPS) is 20.8. The molecule has 7 nitrogen and oxygen atoms in total. The molecule has 2 aliphatic carbocycles. The summed E-state index contributed by atoms with van der Waals surface area (Å²) in [6.07, 6.45) is 1.35. The van der Waals surface area contributed by atoms with Crippen LogP contribution in [0.4, 0.5) is 19.0 Å². The third-order valence-corrected chi connectivity index (χ3v) is 7.44. The molecule has 1 aromatic heterocycles. The predicted molar refractivity (Wildman–Crippen MR) is 129 cm³/mol. The fourth-order valence-electron chi connectivity index (χ4n) is 5.24. The molecule has 0 bridgehead atoms. The van der Waals surface area contributed by atoms with E-state index in [-0.39, 0.29) is 11.7 Å². The number of rotatable bonds is 8. The zero-order valence-electron chi connectivity index (χ0n) is 20.4. The van der Waals surface area contributed by atoms with Crippen LogP contribution < -0.4 is 15.0 Å². The second kappa shape index (κ2) is 10.2. The van der Waals surface area contributed by atoms with Crippen molar-refractivity contribution in [2.45, 2.75) is 50.8 Å². The topological polar surface area (TPSA) is 70.6 Å². The van der Waals surface area contributed by atoms with E-state index in [1.807, 2.05) is 4.90 Å². The molecule has 0 spiro atoms. The molecule has 1 aliphatic heterocycles. The number of nitrogens with one attached hydrogen (secondary N) is 1. The Hall–Kier alpha value is -2.88. The fraction of sp³-hybridized carbons (Fsp3) is 0.577. The first-order valence-electron chi connectivity index (χ1n) is 12.7. The van der Waals surface area contributed by atoms with Crippen LogP contribution in [0.1, 0.15) is 54.8 Å². The van der Waals surface area contributed by atoms with Crippen LogP contribution in [-0.2, 0) is 11.2 Å². The number of benzene rings is 1. The summed E-state index contributed by atoms with van der Waals surface area (Å²) >= 11 is 0. The SMILES string of the molecule is C[C@@H]1CCc2ncnc(N3CCN(C(=O)[C@H](CNCC4CC4)c4ccc(OC(F)(F)F)cc4)CC3)c21. The molecule has 194 valence electrons. The van der Waals surface area contributed by atoms with Gasteiger partial charge in [0.05, 0.1) is 5.92 Å². The highest BCUT2D eigenvalue weighted by Crippen LogP contribution is 2.37. The largest absolute Gasteiger partial charge is 0.573 e. The summed E-state index contributed by atoms with van der Waals surface area (Å²) in [5, 5.41) is 3.40. The molecular formula is C26H32F3N5O2. The Bertz CT molecular complexity index is 1070. The molecule has 2 heterocycles. The Morgan fingerprint density at radius 1 is 1.11 bits per heavy atom. The molecule has 1 saturated carbocycles. The van der Waals surface area contributed by atoms with Gasteiger partial charge in [-0.1, -0.05) is 19.1 Å². The van der Waals surface area contributed by atoms with Gasteiger partial charge < -0.3 is 19.9 Å². The maximum atomic E-state index is 13.6. The maximum absolute atomic E-state index is 13.6. The van der Waals surface area contributed by atoms with Crippen LogP contribution in [-0.4, -0.2) is 66.4 Å². The first-order valence-corrected chi connectivity index (χ1v) is 12.7. The third kappa shape index (κ3) is 5.74. The van der Waals surface area contributed by atoms with Crippen LogP contribution in [0, 0.1) is 5.92 Å². The smallest absolute Gasteiger partial charge is 0.406 e. The first kappa shape index (κ1) is 24.8. The van der Waals surface area contributed by atoms with E-state index in [0.717, 1.165) is 30.9 Å². The number of halogens is 3. The minimum Gasteiger partial charge on any atom is -0.406 e. The molecule has 1 amide bonds. The van der Waals surface area contributed by atoms with Gasteiger partial charge in [0.25, 0.3) is 0 Å². The monoisotopic (exact) mass is 503 g/mol. The zero-order valence-corrected chi connectivity index (χ0v) is 20.4. The van der Waals surface area contributed by atoms with E-state index in [0.29, 0.717) is 50.1 Å². The van der Waals surface area contributed by atoms with Crippen LogP contribution >= 0.6 is 0 Å². The Balaban J connectivity index is 1.26. The highest BCUT2D eigenvalue weighted by Gasteiger charge is 2.33. The highest BCUT2D eigenvalue weighted by atomic mass is 19.4. The maximum Gasteiger partial charge on any atom is 0.573 e. The molecule has 0 unspecified atom stereocenters. The molecule has 3 aliphatic rings. The van der Waals surface area contributed by atoms with Crippen molar-refractivity contribution in [3.05, 3.63) is 47.4 Å². The van der Waals surface area contributed by atoms with Gasteiger partial charge in [0.2, 0.25) is 5.91 Å². The lowest BCUT2D eigenvalue weighted by molar-refractivity contribution is -0.274. The van der Waals surface area contributed by atoms with Gasteiger partial charge in [-0.05, 0) is 61.8 Å². The van der Waals surface area contributed by atoms with E-state index < -0.39 is 12.3 Å². The summed E-state index contributed by atoms with van der Waals surface area (Å²) in [6.45, 7) is 6.02. The molecule has 10 heteroatoms. The molecule has 36 heavy (non-hydrogen) atoms. The van der Waals surface area contributed by atoms with E-state index in [4.69, 9.17) is 0 Å². The number of alkyl halides is 3. The first-order chi connectivity index (χ1) is 17.3. The van der Waals surface area contributed by atoms with Gasteiger partial charge in [-0.15, -0.1) is 13.2 Å². The Morgan fingerprint density at radius 3 is 2.50 bits per heavy atom. The van der Waals surface area contributed by atoms with E-state index in [2.05, 4.69) is 31.8 Å². The number of hydrogen-bond donors (Lipinski definition) is 1. The summed E-state index contributed by atoms with van der Waals surface area (Å²) < 4.78 is 41.7. The number of aryl methyl sites for hydroxylation is 1. The standard InChI is InChI=1S/C26H32F3N5O2/c1-17-2-9-22-23(17)24(32-16-31-22)33-10-12-34(13-11-33)25(35)21(15-30-14-18-3-4-18)19-5-7-20(8-6-19)36-26(27,28)29/h5-8,16-18,21,30H,2-4,9-15H2,1H3/t17-,21-/m1/s1. The van der Waals surface area contributed by atoms with Gasteiger partial charge in [0, 0.05) is 44.0 Å². The van der Waals surface area contributed by atoms with Crippen molar-refractivity contribution < 1.29 is 22.7 Å². The lowest BCUT2D eigenvalue weighted by Crippen LogP contribution is -2.51. The Labute approximate surface area is 209 Å². The van der Waals surface area contributed by atoms with Crippen molar-refractivity contribution in [2.75, 3.05) is 44.2 Å². The predicted octanol–water partition coefficient (Wildman–Crippen LogP) is 3.86. The summed E-state index contributed by atoms with van der Waals surface area (Å²) in [4.78, 5) is 26.8. The van der Waals surface area contributed by atoms with Gasteiger partial charge in [-0.2, -0.15) is 0 Å². The second-order valence-corrected chi connectivity index (χ2v) is 10.1. The van der Waals surface area contributed by atoms with Crippen LogP contribution in [0.25, 0.3) is 0 Å². The number of carbonyl (C=O) groups excluding carboxylic acids is 1. The molecule has 1 N–H and O–H groups in total. The van der Waals surface area contributed by atoms with Crippen molar-refractivity contribution in [3.8, 4) is 5.75 Å². The number of ether oxygens (including phenoxy) is 1. The van der Waals surface area contributed by atoms with Crippen LogP contribution in [0.15, 0.2) is 30.6 Å². The summed E-state index contributed by atoms with van der Waals surface area (Å²) in [6, 6.07) is 5.67. The number of anilines is 1. The van der Waals surface area contributed by atoms with Crippen molar-refractivity contribution in [1.29, 1.82) is 0 Å². The molecule has 1 aromatic carbocycles. The van der Waals surface area contributed by atoms with E-state index >= 15 is 0 Å². The number of fused-ring (bicyclic) bond motifs is 1. The van der Waals surface area contributed by atoms with E-state index in [9.17, 15) is 18.0 Å². The van der Waals surface area contributed by atoms with Gasteiger partial charge in [0.15, 0.2) is 0 Å². The lowest BCUT2D eigenvalue weighted by Gasteiger charge is -2.38. The number of piperazine rings is 1. The molecular weight excluding hydrogens is 471 g/mol. The summed E-state index contributed by atoms with van der Waals surface area (Å²) in [7, 11) is 0. The zero-order chi connectivity index (χ0) is 25.3. The lowest BCUT2D eigenvalue weighted by atomic mass is 9.96. The van der Waals surface area contributed by atoms with Gasteiger partial charge >= 0.3 is 6.36 Å². The van der Waals surface area contributed by atoms with Gasteiger partial charge in [0.1, 0.15) is 17.9 Å². The second-order valence-electron chi connectivity index (χ2n) is 10.1. The number of hydrogen-bond acceptors (Lipinski definition) is 6. The third-order valence-electron chi connectivity index (χ3n) is 7.44. The van der Waals surface area contributed by atoms with Crippen molar-refractivity contribution in [3.63, 3.8) is 0 Å². The molecule has 2 atom stereocenters. The molecule has 2 aromatic rings. The number of carbonyl (C=O) groups is 1. The van der Waals surface area contributed by atoms with Crippen molar-refractivity contribution in [2.24, 2.45) is 5.92 Å². The molecule has 2 fully saturated rings.